The number of primary amides is 1. The molecule has 2 atom stereocenters. The summed E-state index contributed by atoms with van der Waals surface area (Å²) in [5.41, 5.74) is 4.14. The van der Waals surface area contributed by atoms with Crippen LogP contribution in [0.2, 0.25) is 0 Å². The zero-order valence-corrected chi connectivity index (χ0v) is 17.6. The molecule has 0 aliphatic carbocycles. The second kappa shape index (κ2) is 8.88. The average molecular weight is 439 g/mol. The second-order valence-corrected chi connectivity index (χ2v) is 8.60. The Kier molecular flexibility index (Phi) is 6.62. The van der Waals surface area contributed by atoms with E-state index in [-0.39, 0.29) is 37.2 Å². The minimum absolute atomic E-state index is 0.0173. The largest absolute Gasteiger partial charge is 0.416 e. The topological polar surface area (TPSA) is 83.7 Å². The molecule has 0 unspecified atom stereocenters. The van der Waals surface area contributed by atoms with Crippen molar-refractivity contribution < 1.29 is 27.6 Å². The summed E-state index contributed by atoms with van der Waals surface area (Å²) in [7, 11) is 0. The molecule has 2 saturated heterocycles. The first-order valence-electron chi connectivity index (χ1n) is 10.6. The molecule has 0 saturated carbocycles. The van der Waals surface area contributed by atoms with Gasteiger partial charge in [-0.3, -0.25) is 14.4 Å². The number of carbonyl (C=O) groups is 3. The molecule has 0 spiro atoms. The summed E-state index contributed by atoms with van der Waals surface area (Å²) in [4.78, 5) is 40.2. The Bertz CT molecular complexity index is 858. The van der Waals surface area contributed by atoms with Gasteiger partial charge in [-0.2, -0.15) is 13.2 Å². The Labute approximate surface area is 179 Å². The lowest BCUT2D eigenvalue weighted by atomic mass is 9.84. The molecule has 2 aliphatic rings. The van der Waals surface area contributed by atoms with Crippen LogP contribution in [0, 0.1) is 0 Å². The van der Waals surface area contributed by atoms with Gasteiger partial charge in [0.1, 0.15) is 0 Å². The Hall–Kier alpha value is -2.58. The first-order valence-corrected chi connectivity index (χ1v) is 10.6. The predicted molar refractivity (Wildman–Crippen MR) is 107 cm³/mol. The van der Waals surface area contributed by atoms with Crippen LogP contribution in [0.25, 0.3) is 0 Å². The van der Waals surface area contributed by atoms with Crippen LogP contribution in [0.4, 0.5) is 13.2 Å². The molecule has 1 aromatic rings. The normalized spacial score (nSPS) is 24.5. The van der Waals surface area contributed by atoms with Gasteiger partial charge in [-0.1, -0.05) is 18.6 Å². The standard InChI is InChI=1S/C22H28F3N3O3/c1-21-11-12-27(19(30)10-9-18(26)29)17(21)7-2-3-8-20(31)28(21)14-15-5-4-6-16(13-15)22(23,24)25/h4-6,13,17H,2-3,7-12,14H2,1H3,(H2,26,29)/t17-,21-/m1/s1. The van der Waals surface area contributed by atoms with Crippen molar-refractivity contribution in [3.8, 4) is 0 Å². The molecule has 2 heterocycles. The molecule has 0 radical (unpaired) electrons. The van der Waals surface area contributed by atoms with Gasteiger partial charge >= 0.3 is 6.18 Å². The Morgan fingerprint density at radius 1 is 1.23 bits per heavy atom. The summed E-state index contributed by atoms with van der Waals surface area (Å²) in [5.74, 6) is -0.843. The van der Waals surface area contributed by atoms with Gasteiger partial charge in [0.05, 0.1) is 17.1 Å². The number of fused-ring (bicyclic) bond motifs is 1. The fourth-order valence-corrected chi connectivity index (χ4v) is 4.79. The summed E-state index contributed by atoms with van der Waals surface area (Å²) >= 11 is 0. The first kappa shape index (κ1) is 23.1. The van der Waals surface area contributed by atoms with Gasteiger partial charge in [0, 0.05) is 32.4 Å². The molecule has 9 heteroatoms. The zero-order chi connectivity index (χ0) is 22.8. The summed E-state index contributed by atoms with van der Waals surface area (Å²) in [6.07, 6.45) is -1.47. The van der Waals surface area contributed by atoms with Gasteiger partial charge in [0.15, 0.2) is 0 Å². The van der Waals surface area contributed by atoms with Gasteiger partial charge in [-0.15, -0.1) is 0 Å². The van der Waals surface area contributed by atoms with Gasteiger partial charge < -0.3 is 15.5 Å². The van der Waals surface area contributed by atoms with Gasteiger partial charge in [0.2, 0.25) is 17.7 Å². The van der Waals surface area contributed by atoms with E-state index in [1.807, 2.05) is 6.92 Å². The molecule has 0 bridgehead atoms. The van der Waals surface area contributed by atoms with Crippen molar-refractivity contribution in [3.05, 3.63) is 35.4 Å². The minimum Gasteiger partial charge on any atom is -0.370 e. The van der Waals surface area contributed by atoms with Crippen molar-refractivity contribution in [2.24, 2.45) is 5.73 Å². The van der Waals surface area contributed by atoms with Gasteiger partial charge in [0.25, 0.3) is 0 Å². The molecular formula is C22H28F3N3O3. The smallest absolute Gasteiger partial charge is 0.370 e. The molecule has 2 aliphatic heterocycles. The van der Waals surface area contributed by atoms with Gasteiger partial charge in [-0.25, -0.2) is 0 Å². The van der Waals surface area contributed by atoms with E-state index in [1.54, 1.807) is 15.9 Å². The van der Waals surface area contributed by atoms with Crippen LogP contribution >= 0.6 is 0 Å². The number of hydrogen-bond donors (Lipinski definition) is 1. The summed E-state index contributed by atoms with van der Waals surface area (Å²) in [5, 5.41) is 0. The quantitative estimate of drug-likeness (QED) is 0.765. The number of likely N-dealkylation sites (tertiary alicyclic amines) is 2. The maximum Gasteiger partial charge on any atom is 0.416 e. The average Bonchev–Trinajstić information content (AvgIpc) is 3.03. The van der Waals surface area contributed by atoms with Crippen molar-refractivity contribution >= 4 is 17.7 Å². The van der Waals surface area contributed by atoms with Crippen molar-refractivity contribution in [2.75, 3.05) is 6.54 Å². The Morgan fingerprint density at radius 2 is 1.97 bits per heavy atom. The Balaban J connectivity index is 1.88. The van der Waals surface area contributed by atoms with Crippen LogP contribution in [0.3, 0.4) is 0 Å². The number of hydrogen-bond acceptors (Lipinski definition) is 3. The van der Waals surface area contributed by atoms with E-state index in [1.165, 1.54) is 6.07 Å². The lowest BCUT2D eigenvalue weighted by Crippen LogP contribution is -2.58. The highest BCUT2D eigenvalue weighted by atomic mass is 19.4. The third-order valence-electron chi connectivity index (χ3n) is 6.49. The SMILES string of the molecule is C[C@@]12CCN(C(=O)CCC(N)=O)[C@@H]1CCCCC(=O)N2Cc1cccc(C(F)(F)F)c1. The van der Waals surface area contributed by atoms with E-state index >= 15 is 0 Å². The van der Waals surface area contributed by atoms with Crippen molar-refractivity contribution in [1.82, 2.24) is 9.80 Å². The molecule has 3 amide bonds. The van der Waals surface area contributed by atoms with Crippen LogP contribution in [0.1, 0.15) is 63.0 Å². The molecule has 2 fully saturated rings. The first-order chi connectivity index (χ1) is 14.5. The molecule has 3 rings (SSSR count). The Morgan fingerprint density at radius 3 is 2.65 bits per heavy atom. The number of alkyl halides is 3. The van der Waals surface area contributed by atoms with Gasteiger partial charge in [-0.05, 0) is 43.9 Å². The number of benzene rings is 1. The molecule has 1 aromatic carbocycles. The molecular weight excluding hydrogens is 411 g/mol. The van der Waals surface area contributed by atoms with Crippen molar-refractivity contribution in [3.63, 3.8) is 0 Å². The molecule has 170 valence electrons. The van der Waals surface area contributed by atoms with Crippen LogP contribution < -0.4 is 5.73 Å². The van der Waals surface area contributed by atoms with E-state index in [2.05, 4.69) is 0 Å². The van der Waals surface area contributed by atoms with E-state index in [4.69, 9.17) is 5.73 Å². The monoisotopic (exact) mass is 439 g/mol. The lowest BCUT2D eigenvalue weighted by Gasteiger charge is -2.45. The van der Waals surface area contributed by atoms with Crippen LogP contribution in [-0.2, 0) is 27.1 Å². The van der Waals surface area contributed by atoms with E-state index < -0.39 is 23.2 Å². The fraction of sp³-hybridized carbons (Fsp3) is 0.591. The van der Waals surface area contributed by atoms with Crippen molar-refractivity contribution in [1.29, 1.82) is 0 Å². The highest BCUT2D eigenvalue weighted by Gasteiger charge is 2.51. The van der Waals surface area contributed by atoms with E-state index in [9.17, 15) is 27.6 Å². The maximum atomic E-state index is 13.1. The number of carbonyl (C=O) groups excluding carboxylic acids is 3. The maximum absolute atomic E-state index is 13.1. The zero-order valence-electron chi connectivity index (χ0n) is 17.6. The molecule has 6 nitrogen and oxygen atoms in total. The summed E-state index contributed by atoms with van der Waals surface area (Å²) < 4.78 is 39.4. The highest BCUT2D eigenvalue weighted by Crippen LogP contribution is 2.40. The summed E-state index contributed by atoms with van der Waals surface area (Å²) in [6.45, 7) is 2.40. The highest BCUT2D eigenvalue weighted by molar-refractivity contribution is 5.84. The van der Waals surface area contributed by atoms with Crippen molar-refractivity contribution in [2.45, 2.75) is 76.2 Å². The fourth-order valence-electron chi connectivity index (χ4n) is 4.79. The van der Waals surface area contributed by atoms with E-state index in [0.29, 0.717) is 37.8 Å². The number of amides is 3. The number of halogens is 3. The minimum atomic E-state index is -4.46. The molecule has 0 aromatic heterocycles. The predicted octanol–water partition coefficient (Wildman–Crippen LogP) is 3.23. The molecule has 2 N–H and O–H groups in total. The van der Waals surface area contributed by atoms with Crippen LogP contribution in [0.5, 0.6) is 0 Å². The third kappa shape index (κ3) is 5.02. The summed E-state index contributed by atoms with van der Waals surface area (Å²) in [6, 6.07) is 4.78. The van der Waals surface area contributed by atoms with Crippen LogP contribution in [-0.4, -0.2) is 45.6 Å². The number of nitrogens with zero attached hydrogens (tertiary/aromatic N) is 2. The lowest BCUT2D eigenvalue weighted by molar-refractivity contribution is -0.144. The number of nitrogens with two attached hydrogens (primary N) is 1. The third-order valence-corrected chi connectivity index (χ3v) is 6.49. The molecule has 31 heavy (non-hydrogen) atoms. The number of rotatable bonds is 5. The second-order valence-electron chi connectivity index (χ2n) is 8.60. The van der Waals surface area contributed by atoms with E-state index in [0.717, 1.165) is 18.6 Å². The van der Waals surface area contributed by atoms with Crippen LogP contribution in [0.15, 0.2) is 24.3 Å².